The Bertz CT molecular complexity index is 390. The number of nitrogens with two attached hydrogens (primary N) is 1. The second-order valence-corrected chi connectivity index (χ2v) is 5.02. The highest BCUT2D eigenvalue weighted by molar-refractivity contribution is 5.74. The number of nitrogens with zero attached hydrogens (tertiary/aromatic N) is 1. The van der Waals surface area contributed by atoms with E-state index in [1.54, 1.807) is 7.11 Å². The SMILES string of the molecule is CCCC1CCCCN1c1cccc(OC)c1N. The van der Waals surface area contributed by atoms with Crippen LogP contribution in [0.1, 0.15) is 39.0 Å². The second-order valence-electron chi connectivity index (χ2n) is 5.02. The van der Waals surface area contributed by atoms with Crippen LogP contribution >= 0.6 is 0 Å². The van der Waals surface area contributed by atoms with E-state index in [1.807, 2.05) is 12.1 Å². The molecule has 0 aromatic heterocycles. The third-order valence-electron chi connectivity index (χ3n) is 3.82. The van der Waals surface area contributed by atoms with Crippen LogP contribution in [-0.4, -0.2) is 19.7 Å². The van der Waals surface area contributed by atoms with E-state index >= 15 is 0 Å². The molecule has 1 aromatic carbocycles. The monoisotopic (exact) mass is 248 g/mol. The highest BCUT2D eigenvalue weighted by Gasteiger charge is 2.24. The molecule has 18 heavy (non-hydrogen) atoms. The Labute approximate surface area is 110 Å². The molecule has 3 heteroatoms. The first kappa shape index (κ1) is 13.1. The molecule has 0 saturated carbocycles. The van der Waals surface area contributed by atoms with Crippen molar-refractivity contribution in [2.45, 2.75) is 45.1 Å². The van der Waals surface area contributed by atoms with Gasteiger partial charge in [-0.05, 0) is 37.8 Å². The number of rotatable bonds is 4. The lowest BCUT2D eigenvalue weighted by Gasteiger charge is -2.38. The molecule has 0 aliphatic carbocycles. The van der Waals surface area contributed by atoms with Gasteiger partial charge in [0.1, 0.15) is 5.75 Å². The van der Waals surface area contributed by atoms with Gasteiger partial charge in [-0.3, -0.25) is 0 Å². The van der Waals surface area contributed by atoms with Gasteiger partial charge in [-0.25, -0.2) is 0 Å². The summed E-state index contributed by atoms with van der Waals surface area (Å²) in [4.78, 5) is 2.48. The molecule has 2 N–H and O–H groups in total. The molecule has 100 valence electrons. The van der Waals surface area contributed by atoms with Crippen molar-refractivity contribution in [3.63, 3.8) is 0 Å². The maximum atomic E-state index is 6.22. The first-order chi connectivity index (χ1) is 8.77. The van der Waals surface area contributed by atoms with E-state index in [0.717, 1.165) is 23.7 Å². The summed E-state index contributed by atoms with van der Waals surface area (Å²) in [5.41, 5.74) is 8.14. The van der Waals surface area contributed by atoms with Crippen LogP contribution < -0.4 is 15.4 Å². The van der Waals surface area contributed by atoms with Gasteiger partial charge in [0, 0.05) is 12.6 Å². The maximum absolute atomic E-state index is 6.22. The number of anilines is 2. The number of hydrogen-bond acceptors (Lipinski definition) is 3. The zero-order valence-corrected chi connectivity index (χ0v) is 11.5. The van der Waals surface area contributed by atoms with Crippen molar-refractivity contribution in [2.75, 3.05) is 24.3 Å². The number of para-hydroxylation sites is 1. The maximum Gasteiger partial charge on any atom is 0.143 e. The van der Waals surface area contributed by atoms with Gasteiger partial charge in [-0.1, -0.05) is 19.4 Å². The Kier molecular flexibility index (Phi) is 4.34. The molecule has 1 aliphatic rings. The Balaban J connectivity index is 2.27. The summed E-state index contributed by atoms with van der Waals surface area (Å²) in [5, 5.41) is 0. The van der Waals surface area contributed by atoms with Crippen molar-refractivity contribution in [1.29, 1.82) is 0 Å². The standard InChI is InChI=1S/C15H24N2O/c1-3-7-12-8-4-5-11-17(12)13-9-6-10-14(18-2)15(13)16/h6,9-10,12H,3-5,7-8,11,16H2,1-2H3. The van der Waals surface area contributed by atoms with Crippen molar-refractivity contribution >= 4 is 11.4 Å². The van der Waals surface area contributed by atoms with E-state index in [0.29, 0.717) is 6.04 Å². The zero-order valence-electron chi connectivity index (χ0n) is 11.5. The summed E-state index contributed by atoms with van der Waals surface area (Å²) in [6.07, 6.45) is 6.36. The van der Waals surface area contributed by atoms with Crippen LogP contribution in [0, 0.1) is 0 Å². The highest BCUT2D eigenvalue weighted by atomic mass is 16.5. The van der Waals surface area contributed by atoms with Gasteiger partial charge >= 0.3 is 0 Å². The number of ether oxygens (including phenoxy) is 1. The molecule has 1 saturated heterocycles. The molecular weight excluding hydrogens is 224 g/mol. The fourth-order valence-electron chi connectivity index (χ4n) is 2.91. The molecule has 1 unspecified atom stereocenters. The van der Waals surface area contributed by atoms with Gasteiger partial charge in [-0.15, -0.1) is 0 Å². The molecule has 0 amide bonds. The molecule has 1 heterocycles. The van der Waals surface area contributed by atoms with Gasteiger partial charge < -0.3 is 15.4 Å². The third kappa shape index (κ3) is 2.55. The molecule has 1 aliphatic heterocycles. The predicted molar refractivity (Wildman–Crippen MR) is 77.3 cm³/mol. The summed E-state index contributed by atoms with van der Waals surface area (Å²) in [7, 11) is 1.68. The highest BCUT2D eigenvalue weighted by Crippen LogP contribution is 2.36. The van der Waals surface area contributed by atoms with Crippen LogP contribution in [-0.2, 0) is 0 Å². The first-order valence-corrected chi connectivity index (χ1v) is 6.97. The Morgan fingerprint density at radius 2 is 2.22 bits per heavy atom. The van der Waals surface area contributed by atoms with Crippen molar-refractivity contribution in [1.82, 2.24) is 0 Å². The average Bonchev–Trinajstić information content (AvgIpc) is 2.40. The number of benzene rings is 1. The van der Waals surface area contributed by atoms with Crippen molar-refractivity contribution in [3.8, 4) is 5.75 Å². The minimum atomic E-state index is 0.637. The van der Waals surface area contributed by atoms with Crippen LogP contribution in [0.2, 0.25) is 0 Å². The van der Waals surface area contributed by atoms with Gasteiger partial charge in [0.25, 0.3) is 0 Å². The van der Waals surface area contributed by atoms with Gasteiger partial charge in [0.05, 0.1) is 18.5 Å². The summed E-state index contributed by atoms with van der Waals surface area (Å²) in [6, 6.07) is 6.71. The summed E-state index contributed by atoms with van der Waals surface area (Å²) >= 11 is 0. The number of methoxy groups -OCH3 is 1. The minimum absolute atomic E-state index is 0.637. The van der Waals surface area contributed by atoms with Crippen LogP contribution in [0.3, 0.4) is 0 Å². The molecule has 0 radical (unpaired) electrons. The van der Waals surface area contributed by atoms with E-state index in [4.69, 9.17) is 10.5 Å². The predicted octanol–water partition coefficient (Wildman–Crippen LogP) is 3.44. The van der Waals surface area contributed by atoms with Crippen molar-refractivity contribution < 1.29 is 4.74 Å². The molecule has 0 bridgehead atoms. The fraction of sp³-hybridized carbons (Fsp3) is 0.600. The van der Waals surface area contributed by atoms with Crippen molar-refractivity contribution in [2.24, 2.45) is 0 Å². The molecular formula is C15H24N2O. The minimum Gasteiger partial charge on any atom is -0.495 e. The largest absolute Gasteiger partial charge is 0.495 e. The van der Waals surface area contributed by atoms with E-state index in [2.05, 4.69) is 17.9 Å². The Morgan fingerprint density at radius 3 is 2.94 bits per heavy atom. The number of hydrogen-bond donors (Lipinski definition) is 1. The quantitative estimate of drug-likeness (QED) is 0.830. The van der Waals surface area contributed by atoms with Crippen LogP contribution in [0.25, 0.3) is 0 Å². The fourth-order valence-corrected chi connectivity index (χ4v) is 2.91. The lowest BCUT2D eigenvalue weighted by atomic mass is 9.97. The molecule has 1 fully saturated rings. The normalized spacial score (nSPS) is 19.9. The van der Waals surface area contributed by atoms with E-state index in [9.17, 15) is 0 Å². The van der Waals surface area contributed by atoms with Crippen LogP contribution in [0.5, 0.6) is 5.75 Å². The zero-order chi connectivity index (χ0) is 13.0. The van der Waals surface area contributed by atoms with Crippen molar-refractivity contribution in [3.05, 3.63) is 18.2 Å². The number of piperidine rings is 1. The average molecular weight is 248 g/mol. The van der Waals surface area contributed by atoms with Gasteiger partial charge in [-0.2, -0.15) is 0 Å². The topological polar surface area (TPSA) is 38.5 Å². The number of nitrogen functional groups attached to an aromatic ring is 1. The Morgan fingerprint density at radius 1 is 1.39 bits per heavy atom. The van der Waals surface area contributed by atoms with Gasteiger partial charge in [0.2, 0.25) is 0 Å². The Hall–Kier alpha value is -1.38. The van der Waals surface area contributed by atoms with Gasteiger partial charge in [0.15, 0.2) is 0 Å². The molecule has 3 nitrogen and oxygen atoms in total. The van der Waals surface area contributed by atoms with E-state index in [1.165, 1.54) is 32.1 Å². The molecule has 1 atom stereocenters. The molecule has 2 rings (SSSR count). The first-order valence-electron chi connectivity index (χ1n) is 6.97. The molecule has 1 aromatic rings. The second kappa shape index (κ2) is 5.98. The molecule has 0 spiro atoms. The van der Waals surface area contributed by atoms with Crippen LogP contribution in [0.15, 0.2) is 18.2 Å². The lowest BCUT2D eigenvalue weighted by molar-refractivity contribution is 0.414. The smallest absolute Gasteiger partial charge is 0.143 e. The summed E-state index contributed by atoms with van der Waals surface area (Å²) in [6.45, 7) is 3.36. The van der Waals surface area contributed by atoms with Crippen LogP contribution in [0.4, 0.5) is 11.4 Å². The lowest BCUT2D eigenvalue weighted by Crippen LogP contribution is -2.39. The van der Waals surface area contributed by atoms with E-state index in [-0.39, 0.29) is 0 Å². The third-order valence-corrected chi connectivity index (χ3v) is 3.82. The van der Waals surface area contributed by atoms with E-state index < -0.39 is 0 Å². The summed E-state index contributed by atoms with van der Waals surface area (Å²) in [5.74, 6) is 0.785. The summed E-state index contributed by atoms with van der Waals surface area (Å²) < 4.78 is 5.32.